The van der Waals surface area contributed by atoms with Crippen molar-refractivity contribution in [1.82, 2.24) is 5.32 Å². The number of thiol groups is 1. The second kappa shape index (κ2) is 9.34. The molecule has 0 aliphatic heterocycles. The number of hydrogen-bond donors (Lipinski definition) is 2. The highest BCUT2D eigenvalue weighted by atomic mass is 35.5. The highest BCUT2D eigenvalue weighted by molar-refractivity contribution is 7.82. The van der Waals surface area contributed by atoms with Gasteiger partial charge in [-0.15, -0.1) is 0 Å². The minimum atomic E-state index is -0.598. The van der Waals surface area contributed by atoms with Gasteiger partial charge in [0.25, 0.3) is 0 Å². The molecule has 0 spiro atoms. The van der Waals surface area contributed by atoms with Crippen molar-refractivity contribution in [2.24, 2.45) is 0 Å². The number of carbonyl (C=O) groups is 2. The van der Waals surface area contributed by atoms with Gasteiger partial charge < -0.3 is 14.5 Å². The van der Waals surface area contributed by atoms with Crippen LogP contribution in [0.2, 0.25) is 5.02 Å². The maximum atomic E-state index is 12.2. The van der Waals surface area contributed by atoms with E-state index in [1.807, 2.05) is 18.2 Å². The lowest BCUT2D eigenvalue weighted by Crippen LogP contribution is -2.35. The average molecular weight is 417 g/mol. The summed E-state index contributed by atoms with van der Waals surface area (Å²) in [6.07, 6.45) is 2.04. The summed E-state index contributed by atoms with van der Waals surface area (Å²) in [5, 5.41) is 3.44. The van der Waals surface area contributed by atoms with Crippen molar-refractivity contribution < 1.29 is 18.7 Å². The number of esters is 1. The van der Waals surface area contributed by atoms with E-state index in [9.17, 15) is 9.59 Å². The topological polar surface area (TPSA) is 71.8 Å². The van der Waals surface area contributed by atoms with Crippen LogP contribution in [0.1, 0.15) is 16.1 Å². The molecule has 0 atom stereocenters. The minimum absolute atomic E-state index is 0.110. The summed E-state index contributed by atoms with van der Waals surface area (Å²) in [4.78, 5) is 24.1. The molecular formula is C20H17ClN2O4S. The number of ether oxygens (including phenoxy) is 1. The number of amides is 2. The summed E-state index contributed by atoms with van der Waals surface area (Å²) >= 11 is 10.2. The van der Waals surface area contributed by atoms with Crippen LogP contribution in [-0.2, 0) is 6.42 Å². The summed E-state index contributed by atoms with van der Waals surface area (Å²) in [7, 11) is 0. The SMILES string of the molecule is O=C(Oc1ccc(N(S)C(=O)NCCc2cccc(Cl)c2)cc1)c1ccco1. The number of carbonyl (C=O) groups excluding carboxylic acids is 2. The summed E-state index contributed by atoms with van der Waals surface area (Å²) in [5.41, 5.74) is 1.56. The Bertz CT molecular complexity index is 945. The molecule has 0 saturated carbocycles. The van der Waals surface area contributed by atoms with E-state index in [1.54, 1.807) is 36.4 Å². The highest BCUT2D eigenvalue weighted by Gasteiger charge is 2.14. The van der Waals surface area contributed by atoms with Gasteiger partial charge in [-0.1, -0.05) is 36.5 Å². The van der Waals surface area contributed by atoms with Gasteiger partial charge >= 0.3 is 12.0 Å². The molecule has 1 aromatic heterocycles. The van der Waals surface area contributed by atoms with E-state index in [-0.39, 0.29) is 11.8 Å². The number of rotatable bonds is 6. The molecule has 0 aliphatic rings. The van der Waals surface area contributed by atoms with E-state index in [4.69, 9.17) is 20.8 Å². The predicted molar refractivity (Wildman–Crippen MR) is 110 cm³/mol. The molecular weight excluding hydrogens is 400 g/mol. The molecule has 144 valence electrons. The number of halogens is 1. The lowest BCUT2D eigenvalue weighted by Gasteiger charge is -2.17. The van der Waals surface area contributed by atoms with E-state index < -0.39 is 5.97 Å². The molecule has 1 heterocycles. The monoisotopic (exact) mass is 416 g/mol. The standard InChI is InChI=1S/C20H17ClN2O4S/c21-15-4-1-3-14(13-15)10-11-22-20(25)23(28)16-6-8-17(9-7-16)27-19(24)18-5-2-12-26-18/h1-9,12-13,28H,10-11H2,(H,22,25). The van der Waals surface area contributed by atoms with Gasteiger partial charge in [0.15, 0.2) is 0 Å². The van der Waals surface area contributed by atoms with Crippen molar-refractivity contribution in [1.29, 1.82) is 0 Å². The van der Waals surface area contributed by atoms with Crippen LogP contribution in [0.15, 0.2) is 71.3 Å². The molecule has 2 amide bonds. The largest absolute Gasteiger partial charge is 0.457 e. The van der Waals surface area contributed by atoms with Gasteiger partial charge in [0, 0.05) is 11.6 Å². The Morgan fingerprint density at radius 3 is 2.57 bits per heavy atom. The second-order valence-corrected chi connectivity index (χ2v) is 6.62. The summed E-state index contributed by atoms with van der Waals surface area (Å²) < 4.78 is 11.3. The minimum Gasteiger partial charge on any atom is -0.457 e. The molecule has 0 saturated heterocycles. The van der Waals surface area contributed by atoms with Crippen molar-refractivity contribution in [3.05, 3.63) is 83.3 Å². The second-order valence-electron chi connectivity index (χ2n) is 5.78. The molecule has 3 aromatic rings. The Kier molecular flexibility index (Phi) is 6.62. The Hall–Kier alpha value is -2.90. The third-order valence-electron chi connectivity index (χ3n) is 3.79. The summed E-state index contributed by atoms with van der Waals surface area (Å²) in [6.45, 7) is 0.440. The predicted octanol–water partition coefficient (Wildman–Crippen LogP) is 4.76. The summed E-state index contributed by atoms with van der Waals surface area (Å²) in [6, 6.07) is 16.6. The van der Waals surface area contributed by atoms with E-state index in [0.29, 0.717) is 29.4 Å². The Morgan fingerprint density at radius 2 is 1.89 bits per heavy atom. The van der Waals surface area contributed by atoms with Gasteiger partial charge in [-0.3, -0.25) is 0 Å². The number of benzene rings is 2. The van der Waals surface area contributed by atoms with Crippen molar-refractivity contribution in [2.45, 2.75) is 6.42 Å². The highest BCUT2D eigenvalue weighted by Crippen LogP contribution is 2.22. The van der Waals surface area contributed by atoms with E-state index in [0.717, 1.165) is 5.56 Å². The zero-order valence-electron chi connectivity index (χ0n) is 14.7. The lowest BCUT2D eigenvalue weighted by molar-refractivity contribution is 0.0701. The van der Waals surface area contributed by atoms with Gasteiger partial charge in [0.1, 0.15) is 5.75 Å². The van der Waals surface area contributed by atoms with E-state index in [1.165, 1.54) is 16.6 Å². The fourth-order valence-corrected chi connectivity index (χ4v) is 2.82. The number of furan rings is 1. The molecule has 0 radical (unpaired) electrons. The molecule has 2 aromatic carbocycles. The molecule has 6 nitrogen and oxygen atoms in total. The van der Waals surface area contributed by atoms with Crippen LogP contribution in [0, 0.1) is 0 Å². The van der Waals surface area contributed by atoms with E-state index >= 15 is 0 Å². The smallest absolute Gasteiger partial charge is 0.379 e. The van der Waals surface area contributed by atoms with Crippen molar-refractivity contribution in [2.75, 3.05) is 10.8 Å². The molecule has 0 aliphatic carbocycles. The summed E-state index contributed by atoms with van der Waals surface area (Å²) in [5.74, 6) is -0.161. The first-order chi connectivity index (χ1) is 13.5. The Labute approximate surface area is 172 Å². The fourth-order valence-electron chi connectivity index (χ4n) is 2.41. The number of urea groups is 1. The van der Waals surface area contributed by atoms with Crippen molar-refractivity contribution in [3.63, 3.8) is 0 Å². The average Bonchev–Trinajstić information content (AvgIpc) is 3.23. The van der Waals surface area contributed by atoms with E-state index in [2.05, 4.69) is 18.1 Å². The van der Waals surface area contributed by atoms with Crippen LogP contribution in [-0.4, -0.2) is 18.5 Å². The first-order valence-corrected chi connectivity index (χ1v) is 9.18. The number of nitrogens with zero attached hydrogens (tertiary/aromatic N) is 1. The van der Waals surface area contributed by atoms with Gasteiger partial charge in [0.05, 0.1) is 12.0 Å². The number of hydrogen-bond acceptors (Lipinski definition) is 5. The molecule has 28 heavy (non-hydrogen) atoms. The molecule has 8 heteroatoms. The zero-order valence-corrected chi connectivity index (χ0v) is 16.3. The fraction of sp³-hybridized carbons (Fsp3) is 0.100. The number of anilines is 1. The molecule has 0 fully saturated rings. The molecule has 3 rings (SSSR count). The Balaban J connectivity index is 1.51. The van der Waals surface area contributed by atoms with Crippen molar-refractivity contribution >= 4 is 42.1 Å². The normalized spacial score (nSPS) is 10.4. The van der Waals surface area contributed by atoms with Crippen LogP contribution in [0.25, 0.3) is 0 Å². The third-order valence-corrected chi connectivity index (χ3v) is 4.43. The van der Waals surface area contributed by atoms with Gasteiger partial charge in [-0.05, 0) is 60.5 Å². The van der Waals surface area contributed by atoms with Gasteiger partial charge in [0.2, 0.25) is 5.76 Å². The molecule has 0 unspecified atom stereocenters. The molecule has 1 N–H and O–H groups in total. The quantitative estimate of drug-likeness (QED) is 0.345. The first kappa shape index (κ1) is 19.9. The van der Waals surface area contributed by atoms with Crippen LogP contribution in [0.5, 0.6) is 5.75 Å². The first-order valence-electron chi connectivity index (χ1n) is 8.40. The van der Waals surface area contributed by atoms with Gasteiger partial charge in [-0.25, -0.2) is 13.9 Å². The maximum Gasteiger partial charge on any atom is 0.379 e. The van der Waals surface area contributed by atoms with Crippen molar-refractivity contribution in [3.8, 4) is 5.75 Å². The van der Waals surface area contributed by atoms with Crippen LogP contribution in [0.4, 0.5) is 10.5 Å². The van der Waals surface area contributed by atoms with Crippen LogP contribution in [0.3, 0.4) is 0 Å². The lowest BCUT2D eigenvalue weighted by atomic mass is 10.1. The maximum absolute atomic E-state index is 12.2. The zero-order chi connectivity index (χ0) is 19.9. The Morgan fingerprint density at radius 1 is 1.11 bits per heavy atom. The van der Waals surface area contributed by atoms with Crippen LogP contribution >= 0.6 is 24.4 Å². The van der Waals surface area contributed by atoms with Crippen LogP contribution < -0.4 is 14.4 Å². The van der Waals surface area contributed by atoms with Gasteiger partial charge in [-0.2, -0.15) is 0 Å². The number of nitrogens with one attached hydrogen (secondary N) is 1. The third kappa shape index (κ3) is 5.31. The molecule has 0 bridgehead atoms.